The van der Waals surface area contributed by atoms with Gasteiger partial charge in [-0.1, -0.05) is 6.07 Å². The highest BCUT2D eigenvalue weighted by Gasteiger charge is 2.08. The molecule has 4 heteroatoms. The summed E-state index contributed by atoms with van der Waals surface area (Å²) in [6, 6.07) is 4.90. The van der Waals surface area contributed by atoms with E-state index in [1.807, 2.05) is 13.0 Å². The highest BCUT2D eigenvalue weighted by Crippen LogP contribution is 2.20. The summed E-state index contributed by atoms with van der Waals surface area (Å²) >= 11 is 0. The molecule has 0 atom stereocenters. The normalized spacial score (nSPS) is 10.6. The van der Waals surface area contributed by atoms with E-state index < -0.39 is 0 Å². The summed E-state index contributed by atoms with van der Waals surface area (Å²) in [5.41, 5.74) is 7.84. The van der Waals surface area contributed by atoms with Crippen molar-refractivity contribution in [2.45, 2.75) is 13.8 Å². The van der Waals surface area contributed by atoms with Crippen LogP contribution >= 0.6 is 0 Å². The summed E-state index contributed by atoms with van der Waals surface area (Å²) in [6.07, 6.45) is 1.79. The maximum atomic E-state index is 13.3. The Labute approximate surface area is 87.4 Å². The topological polar surface area (TPSA) is 43.8 Å². The molecule has 2 aromatic rings. The molecule has 0 bridgehead atoms. The lowest BCUT2D eigenvalue weighted by Crippen LogP contribution is -2.02. The van der Waals surface area contributed by atoms with Crippen molar-refractivity contribution < 1.29 is 4.39 Å². The van der Waals surface area contributed by atoms with Crippen LogP contribution in [0.2, 0.25) is 0 Å². The molecule has 0 saturated carbocycles. The van der Waals surface area contributed by atoms with E-state index >= 15 is 0 Å². The van der Waals surface area contributed by atoms with Gasteiger partial charge in [-0.2, -0.15) is 0 Å². The van der Waals surface area contributed by atoms with Crippen molar-refractivity contribution >= 4 is 5.95 Å². The fraction of sp³-hybridized carbons (Fsp3) is 0.182. The molecule has 1 aromatic heterocycles. The van der Waals surface area contributed by atoms with E-state index in [4.69, 9.17) is 5.73 Å². The molecule has 1 heterocycles. The van der Waals surface area contributed by atoms with Gasteiger partial charge < -0.3 is 5.73 Å². The van der Waals surface area contributed by atoms with Gasteiger partial charge in [0, 0.05) is 11.8 Å². The number of hydrogen-bond donors (Lipinski definition) is 1. The van der Waals surface area contributed by atoms with Crippen LogP contribution in [0.3, 0.4) is 0 Å². The van der Waals surface area contributed by atoms with Crippen molar-refractivity contribution in [3.63, 3.8) is 0 Å². The molecule has 2 rings (SSSR count). The number of nitrogens with two attached hydrogens (primary N) is 1. The maximum absolute atomic E-state index is 13.3. The fourth-order valence-electron chi connectivity index (χ4n) is 1.57. The minimum Gasteiger partial charge on any atom is -0.369 e. The quantitative estimate of drug-likeness (QED) is 0.775. The lowest BCUT2D eigenvalue weighted by molar-refractivity contribution is 0.617. The SMILES string of the molecule is Cc1cn(-c2cccc(F)c2C)c(N)n1. The Hall–Kier alpha value is -1.84. The average molecular weight is 205 g/mol. The number of benzene rings is 1. The molecule has 3 nitrogen and oxygen atoms in total. The van der Waals surface area contributed by atoms with Crippen molar-refractivity contribution in [2.24, 2.45) is 0 Å². The van der Waals surface area contributed by atoms with Gasteiger partial charge in [0.15, 0.2) is 0 Å². The van der Waals surface area contributed by atoms with E-state index in [9.17, 15) is 4.39 Å². The van der Waals surface area contributed by atoms with Crippen LogP contribution in [0.25, 0.3) is 5.69 Å². The largest absolute Gasteiger partial charge is 0.369 e. The molecule has 0 unspecified atom stereocenters. The smallest absolute Gasteiger partial charge is 0.205 e. The number of nitrogen functional groups attached to an aromatic ring is 1. The molecule has 2 N–H and O–H groups in total. The Morgan fingerprint density at radius 3 is 2.67 bits per heavy atom. The highest BCUT2D eigenvalue weighted by atomic mass is 19.1. The summed E-state index contributed by atoms with van der Waals surface area (Å²) in [7, 11) is 0. The van der Waals surface area contributed by atoms with E-state index in [0.29, 0.717) is 11.5 Å². The van der Waals surface area contributed by atoms with E-state index in [1.54, 1.807) is 23.8 Å². The van der Waals surface area contributed by atoms with Crippen LogP contribution in [-0.2, 0) is 0 Å². The first-order valence-electron chi connectivity index (χ1n) is 4.66. The van der Waals surface area contributed by atoms with E-state index in [1.165, 1.54) is 6.07 Å². The van der Waals surface area contributed by atoms with Crippen LogP contribution in [0.5, 0.6) is 0 Å². The van der Waals surface area contributed by atoms with E-state index in [0.717, 1.165) is 11.4 Å². The van der Waals surface area contributed by atoms with E-state index in [-0.39, 0.29) is 5.82 Å². The van der Waals surface area contributed by atoms with Crippen molar-refractivity contribution in [1.29, 1.82) is 0 Å². The Morgan fingerprint density at radius 2 is 2.07 bits per heavy atom. The monoisotopic (exact) mass is 205 g/mol. The van der Waals surface area contributed by atoms with Crippen LogP contribution in [0.4, 0.5) is 10.3 Å². The third kappa shape index (κ3) is 1.58. The second kappa shape index (κ2) is 3.38. The predicted octanol–water partition coefficient (Wildman–Crippen LogP) is 2.21. The minimum atomic E-state index is -0.238. The minimum absolute atomic E-state index is 0.238. The molecular weight excluding hydrogens is 193 g/mol. The van der Waals surface area contributed by atoms with Crippen LogP contribution in [0.1, 0.15) is 11.3 Å². The third-order valence-electron chi connectivity index (χ3n) is 2.35. The second-order valence-electron chi connectivity index (χ2n) is 3.49. The molecule has 1 aromatic carbocycles. The molecule has 0 aliphatic carbocycles. The van der Waals surface area contributed by atoms with Gasteiger partial charge >= 0.3 is 0 Å². The van der Waals surface area contributed by atoms with Gasteiger partial charge in [0.05, 0.1) is 11.4 Å². The van der Waals surface area contributed by atoms with Gasteiger partial charge in [0.1, 0.15) is 5.82 Å². The van der Waals surface area contributed by atoms with Crippen molar-refractivity contribution in [3.8, 4) is 5.69 Å². The van der Waals surface area contributed by atoms with Gasteiger partial charge in [-0.05, 0) is 26.0 Å². The average Bonchev–Trinajstić information content (AvgIpc) is 2.50. The number of aryl methyl sites for hydroxylation is 1. The van der Waals surface area contributed by atoms with Crippen LogP contribution in [0, 0.1) is 19.7 Å². The van der Waals surface area contributed by atoms with Crippen LogP contribution in [-0.4, -0.2) is 9.55 Å². The fourth-order valence-corrected chi connectivity index (χ4v) is 1.57. The Balaban J connectivity index is 2.64. The van der Waals surface area contributed by atoms with Gasteiger partial charge in [-0.25, -0.2) is 9.37 Å². The number of halogens is 1. The third-order valence-corrected chi connectivity index (χ3v) is 2.35. The molecule has 0 aliphatic heterocycles. The van der Waals surface area contributed by atoms with Crippen LogP contribution < -0.4 is 5.73 Å². The van der Waals surface area contributed by atoms with Gasteiger partial charge in [0.2, 0.25) is 5.95 Å². The van der Waals surface area contributed by atoms with Crippen molar-refractivity contribution in [2.75, 3.05) is 5.73 Å². The zero-order chi connectivity index (χ0) is 11.0. The molecule has 0 aliphatic rings. The first-order chi connectivity index (χ1) is 7.09. The molecule has 0 saturated heterocycles. The Bertz CT molecular complexity index is 503. The molecular formula is C11H12FN3. The van der Waals surface area contributed by atoms with Gasteiger partial charge in [-0.15, -0.1) is 0 Å². The lowest BCUT2D eigenvalue weighted by atomic mass is 10.2. The van der Waals surface area contributed by atoms with Crippen molar-refractivity contribution in [3.05, 3.63) is 41.5 Å². The molecule has 0 spiro atoms. The number of rotatable bonds is 1. The van der Waals surface area contributed by atoms with Crippen molar-refractivity contribution in [1.82, 2.24) is 9.55 Å². The first-order valence-corrected chi connectivity index (χ1v) is 4.66. The zero-order valence-electron chi connectivity index (χ0n) is 8.66. The number of imidazole rings is 1. The lowest BCUT2D eigenvalue weighted by Gasteiger charge is -2.08. The zero-order valence-corrected chi connectivity index (χ0v) is 8.66. The number of aromatic nitrogens is 2. The maximum Gasteiger partial charge on any atom is 0.205 e. The summed E-state index contributed by atoms with van der Waals surface area (Å²) < 4.78 is 15.0. The molecule has 0 radical (unpaired) electrons. The Morgan fingerprint density at radius 1 is 1.33 bits per heavy atom. The number of hydrogen-bond acceptors (Lipinski definition) is 2. The standard InChI is InChI=1S/C11H12FN3/c1-7-6-15(11(13)14-7)10-5-3-4-9(12)8(10)2/h3-6H,1-2H3,(H2,13,14). The first kappa shape index (κ1) is 9.71. The molecule has 0 amide bonds. The van der Waals surface area contributed by atoms with Gasteiger partial charge in [-0.3, -0.25) is 4.57 Å². The van der Waals surface area contributed by atoms with Crippen LogP contribution in [0.15, 0.2) is 24.4 Å². The second-order valence-corrected chi connectivity index (χ2v) is 3.49. The summed E-state index contributed by atoms with van der Waals surface area (Å²) in [6.45, 7) is 3.57. The summed E-state index contributed by atoms with van der Waals surface area (Å²) in [5.74, 6) is 0.138. The summed E-state index contributed by atoms with van der Waals surface area (Å²) in [4.78, 5) is 4.08. The molecule has 78 valence electrons. The number of nitrogens with zero attached hydrogens (tertiary/aromatic N) is 2. The van der Waals surface area contributed by atoms with Gasteiger partial charge in [0.25, 0.3) is 0 Å². The summed E-state index contributed by atoms with van der Waals surface area (Å²) in [5, 5.41) is 0. The highest BCUT2D eigenvalue weighted by molar-refractivity contribution is 5.46. The van der Waals surface area contributed by atoms with E-state index in [2.05, 4.69) is 4.98 Å². The molecule has 15 heavy (non-hydrogen) atoms. The molecule has 0 fully saturated rings. The predicted molar refractivity (Wildman–Crippen MR) is 57.4 cm³/mol. The Kier molecular flexibility index (Phi) is 2.19. The number of anilines is 1.